The van der Waals surface area contributed by atoms with E-state index in [4.69, 9.17) is 11.5 Å². The second-order valence-corrected chi connectivity index (χ2v) is 6.17. The molecule has 18 heavy (non-hydrogen) atoms. The SMILES string of the molecule is Nc1ccc(SCCSc2ccc(N)cc2)cc1. The van der Waals surface area contributed by atoms with Gasteiger partial charge in [0.1, 0.15) is 0 Å². The van der Waals surface area contributed by atoms with Gasteiger partial charge in [0.2, 0.25) is 0 Å². The summed E-state index contributed by atoms with van der Waals surface area (Å²) in [7, 11) is 0. The molecule has 0 aliphatic carbocycles. The van der Waals surface area contributed by atoms with Crippen LogP contribution in [-0.2, 0) is 0 Å². The van der Waals surface area contributed by atoms with E-state index in [9.17, 15) is 0 Å². The molecule has 0 saturated carbocycles. The second-order valence-electron chi connectivity index (χ2n) is 3.83. The number of thioether (sulfide) groups is 2. The van der Waals surface area contributed by atoms with E-state index in [1.165, 1.54) is 9.79 Å². The molecule has 2 aromatic rings. The zero-order valence-corrected chi connectivity index (χ0v) is 11.6. The number of hydrogen-bond acceptors (Lipinski definition) is 4. The molecule has 0 aromatic heterocycles. The normalized spacial score (nSPS) is 10.4. The summed E-state index contributed by atoms with van der Waals surface area (Å²) in [4.78, 5) is 2.53. The summed E-state index contributed by atoms with van der Waals surface area (Å²) in [5, 5.41) is 0. The summed E-state index contributed by atoms with van der Waals surface area (Å²) < 4.78 is 0. The van der Waals surface area contributed by atoms with E-state index < -0.39 is 0 Å². The maximum atomic E-state index is 5.65. The molecule has 2 aromatic carbocycles. The van der Waals surface area contributed by atoms with Gasteiger partial charge in [-0.15, -0.1) is 23.5 Å². The number of nitrogen functional groups attached to an aromatic ring is 2. The van der Waals surface area contributed by atoms with Crippen molar-refractivity contribution in [2.75, 3.05) is 23.0 Å². The zero-order valence-electron chi connectivity index (χ0n) is 10.0. The van der Waals surface area contributed by atoms with Gasteiger partial charge in [0, 0.05) is 32.7 Å². The first-order valence-corrected chi connectivity index (χ1v) is 7.68. The summed E-state index contributed by atoms with van der Waals surface area (Å²) in [5.41, 5.74) is 12.9. The highest BCUT2D eigenvalue weighted by molar-refractivity contribution is 8.03. The minimum atomic E-state index is 0.815. The molecule has 0 saturated heterocycles. The molecule has 4 N–H and O–H groups in total. The van der Waals surface area contributed by atoms with Crippen molar-refractivity contribution in [3.8, 4) is 0 Å². The van der Waals surface area contributed by atoms with Crippen molar-refractivity contribution < 1.29 is 0 Å². The Bertz CT molecular complexity index is 433. The molecule has 0 fully saturated rings. The number of anilines is 2. The summed E-state index contributed by atoms with van der Waals surface area (Å²) in [5.74, 6) is 2.16. The van der Waals surface area contributed by atoms with E-state index in [-0.39, 0.29) is 0 Å². The maximum Gasteiger partial charge on any atom is 0.0314 e. The highest BCUT2D eigenvalue weighted by atomic mass is 32.2. The van der Waals surface area contributed by atoms with Crippen LogP contribution in [-0.4, -0.2) is 11.5 Å². The van der Waals surface area contributed by atoms with Gasteiger partial charge in [-0.25, -0.2) is 0 Å². The van der Waals surface area contributed by atoms with Crippen LogP contribution in [0.3, 0.4) is 0 Å². The van der Waals surface area contributed by atoms with E-state index in [0.717, 1.165) is 22.9 Å². The molecule has 0 aliphatic heterocycles. The molecule has 0 heterocycles. The minimum Gasteiger partial charge on any atom is -0.399 e. The van der Waals surface area contributed by atoms with Crippen LogP contribution in [0.25, 0.3) is 0 Å². The molecule has 0 aliphatic rings. The first kappa shape index (κ1) is 13.2. The predicted octanol–water partition coefficient (Wildman–Crippen LogP) is 3.74. The Morgan fingerprint density at radius 1 is 0.611 bits per heavy atom. The second kappa shape index (κ2) is 6.61. The lowest BCUT2D eigenvalue weighted by Crippen LogP contribution is -1.87. The highest BCUT2D eigenvalue weighted by Crippen LogP contribution is 2.24. The molecule has 0 unspecified atom stereocenters. The maximum absolute atomic E-state index is 5.65. The van der Waals surface area contributed by atoms with Crippen molar-refractivity contribution in [1.82, 2.24) is 0 Å². The topological polar surface area (TPSA) is 52.0 Å². The van der Waals surface area contributed by atoms with Gasteiger partial charge in [-0.1, -0.05) is 0 Å². The van der Waals surface area contributed by atoms with Crippen LogP contribution in [0, 0.1) is 0 Å². The van der Waals surface area contributed by atoms with Gasteiger partial charge in [0.05, 0.1) is 0 Å². The predicted molar refractivity (Wildman–Crippen MR) is 83.2 cm³/mol. The fourth-order valence-corrected chi connectivity index (χ4v) is 3.24. The van der Waals surface area contributed by atoms with Crippen molar-refractivity contribution in [3.63, 3.8) is 0 Å². The molecule has 2 nitrogen and oxygen atoms in total. The van der Waals surface area contributed by atoms with Crippen LogP contribution in [0.15, 0.2) is 58.3 Å². The first-order chi connectivity index (χ1) is 8.74. The fraction of sp³-hybridized carbons (Fsp3) is 0.143. The van der Waals surface area contributed by atoms with Crippen LogP contribution in [0.5, 0.6) is 0 Å². The molecule has 0 atom stereocenters. The minimum absolute atomic E-state index is 0.815. The van der Waals surface area contributed by atoms with Crippen LogP contribution >= 0.6 is 23.5 Å². The van der Waals surface area contributed by atoms with Gasteiger partial charge in [0.15, 0.2) is 0 Å². The molecule has 0 radical (unpaired) electrons. The quantitative estimate of drug-likeness (QED) is 0.496. The largest absolute Gasteiger partial charge is 0.399 e. The third-order valence-electron chi connectivity index (χ3n) is 2.38. The fourth-order valence-electron chi connectivity index (χ4n) is 1.45. The Morgan fingerprint density at radius 3 is 1.28 bits per heavy atom. The van der Waals surface area contributed by atoms with Crippen molar-refractivity contribution in [2.45, 2.75) is 9.79 Å². The van der Waals surface area contributed by atoms with E-state index >= 15 is 0 Å². The molecule has 2 rings (SSSR count). The first-order valence-electron chi connectivity index (χ1n) is 5.71. The molecule has 94 valence electrons. The van der Waals surface area contributed by atoms with Crippen molar-refractivity contribution >= 4 is 34.9 Å². The molecule has 4 heteroatoms. The number of hydrogen-bond donors (Lipinski definition) is 2. The van der Waals surface area contributed by atoms with Crippen LogP contribution in [0.2, 0.25) is 0 Å². The monoisotopic (exact) mass is 276 g/mol. The third-order valence-corrected chi connectivity index (χ3v) is 4.67. The van der Waals surface area contributed by atoms with Crippen LogP contribution < -0.4 is 11.5 Å². The number of benzene rings is 2. The Balaban J connectivity index is 1.73. The Hall–Kier alpha value is -1.26. The molecular formula is C14H16N2S2. The van der Waals surface area contributed by atoms with Gasteiger partial charge in [-0.2, -0.15) is 0 Å². The van der Waals surface area contributed by atoms with E-state index in [0.29, 0.717) is 0 Å². The van der Waals surface area contributed by atoms with Crippen molar-refractivity contribution in [1.29, 1.82) is 0 Å². The number of rotatable bonds is 5. The van der Waals surface area contributed by atoms with Crippen molar-refractivity contribution in [3.05, 3.63) is 48.5 Å². The van der Waals surface area contributed by atoms with E-state index in [1.54, 1.807) is 0 Å². The van der Waals surface area contributed by atoms with Gasteiger partial charge in [0.25, 0.3) is 0 Å². The Morgan fingerprint density at radius 2 is 0.944 bits per heavy atom. The molecule has 0 spiro atoms. The Labute approximate surface area is 116 Å². The van der Waals surface area contributed by atoms with Gasteiger partial charge in [-0.3, -0.25) is 0 Å². The average Bonchev–Trinajstić information content (AvgIpc) is 2.39. The van der Waals surface area contributed by atoms with Crippen LogP contribution in [0.4, 0.5) is 11.4 Å². The smallest absolute Gasteiger partial charge is 0.0314 e. The summed E-state index contributed by atoms with van der Waals surface area (Å²) in [6.07, 6.45) is 0. The molecule has 0 amide bonds. The standard InChI is InChI=1S/C14H16N2S2/c15-11-1-5-13(6-2-11)17-9-10-18-14-7-3-12(16)4-8-14/h1-8H,9-10,15-16H2. The summed E-state index contributed by atoms with van der Waals surface area (Å²) in [6.45, 7) is 0. The average molecular weight is 276 g/mol. The lowest BCUT2D eigenvalue weighted by atomic mass is 10.3. The Kier molecular flexibility index (Phi) is 4.84. The van der Waals surface area contributed by atoms with E-state index in [1.807, 2.05) is 47.8 Å². The number of nitrogens with two attached hydrogens (primary N) is 2. The van der Waals surface area contributed by atoms with Gasteiger partial charge >= 0.3 is 0 Å². The summed E-state index contributed by atoms with van der Waals surface area (Å²) in [6, 6.07) is 16.0. The lowest BCUT2D eigenvalue weighted by Gasteiger charge is -2.03. The summed E-state index contributed by atoms with van der Waals surface area (Å²) >= 11 is 3.70. The third kappa shape index (κ3) is 4.20. The zero-order chi connectivity index (χ0) is 12.8. The lowest BCUT2D eigenvalue weighted by molar-refractivity contribution is 1.41. The van der Waals surface area contributed by atoms with Gasteiger partial charge < -0.3 is 11.5 Å². The van der Waals surface area contributed by atoms with Crippen molar-refractivity contribution in [2.24, 2.45) is 0 Å². The molecule has 0 bridgehead atoms. The van der Waals surface area contributed by atoms with Gasteiger partial charge in [-0.05, 0) is 48.5 Å². The van der Waals surface area contributed by atoms with Crippen LogP contribution in [0.1, 0.15) is 0 Å². The molecular weight excluding hydrogens is 260 g/mol. The highest BCUT2D eigenvalue weighted by Gasteiger charge is 1.96. The van der Waals surface area contributed by atoms with E-state index in [2.05, 4.69) is 24.3 Å².